The topological polar surface area (TPSA) is 67.1 Å². The molecule has 0 aliphatic carbocycles. The predicted octanol–water partition coefficient (Wildman–Crippen LogP) is -1.01. The van der Waals surface area contributed by atoms with Crippen LogP contribution < -0.4 is 20.4 Å². The average Bonchev–Trinajstić information content (AvgIpc) is 2.74. The second-order valence-corrected chi connectivity index (χ2v) is 8.18. The van der Waals surface area contributed by atoms with E-state index in [9.17, 15) is 18.4 Å². The van der Waals surface area contributed by atoms with Crippen molar-refractivity contribution in [2.45, 2.75) is 32.7 Å². The molecule has 8 heteroatoms. The van der Waals surface area contributed by atoms with Crippen LogP contribution in [0.25, 0.3) is 0 Å². The third-order valence-corrected chi connectivity index (χ3v) is 4.43. The SMILES string of the molecule is CC(C)(C)NC(=O)C[NH+]1CCC[NH+](CC(=O)Nc2ccc(F)c(F)c2)CC1. The minimum Gasteiger partial charge on any atom is -0.347 e. The summed E-state index contributed by atoms with van der Waals surface area (Å²) in [4.78, 5) is 26.6. The van der Waals surface area contributed by atoms with Gasteiger partial charge in [-0.2, -0.15) is 0 Å². The molecule has 2 amide bonds. The highest BCUT2D eigenvalue weighted by Gasteiger charge is 2.25. The fourth-order valence-electron chi connectivity index (χ4n) is 3.24. The Morgan fingerprint density at radius 3 is 2.11 bits per heavy atom. The van der Waals surface area contributed by atoms with Gasteiger partial charge in [0, 0.05) is 23.7 Å². The molecule has 1 aliphatic rings. The molecule has 150 valence electrons. The Morgan fingerprint density at radius 2 is 1.56 bits per heavy atom. The molecule has 2 rings (SSSR count). The van der Waals surface area contributed by atoms with Gasteiger partial charge in [0.15, 0.2) is 24.7 Å². The summed E-state index contributed by atoms with van der Waals surface area (Å²) in [6.07, 6.45) is 0.923. The molecule has 0 aromatic heterocycles. The Kier molecular flexibility index (Phi) is 7.26. The lowest BCUT2D eigenvalue weighted by molar-refractivity contribution is -0.930. The zero-order chi connectivity index (χ0) is 20.0. The Morgan fingerprint density at radius 1 is 0.963 bits per heavy atom. The van der Waals surface area contributed by atoms with Crippen LogP contribution in [0.5, 0.6) is 0 Å². The molecule has 1 aliphatic heterocycles. The zero-order valence-electron chi connectivity index (χ0n) is 16.3. The van der Waals surface area contributed by atoms with Gasteiger partial charge in [-0.3, -0.25) is 9.59 Å². The van der Waals surface area contributed by atoms with Gasteiger partial charge in [0.2, 0.25) is 0 Å². The highest BCUT2D eigenvalue weighted by atomic mass is 19.2. The normalized spacial score (nSPS) is 20.6. The fourth-order valence-corrected chi connectivity index (χ4v) is 3.24. The van der Waals surface area contributed by atoms with Crippen LogP contribution >= 0.6 is 0 Å². The molecule has 0 radical (unpaired) electrons. The van der Waals surface area contributed by atoms with Crippen LogP contribution in [0.1, 0.15) is 27.2 Å². The number of anilines is 1. The molecule has 1 aromatic carbocycles. The third-order valence-electron chi connectivity index (χ3n) is 4.43. The van der Waals surface area contributed by atoms with Crippen molar-refractivity contribution in [1.29, 1.82) is 0 Å². The number of carbonyl (C=O) groups excluding carboxylic acids is 2. The molecule has 0 saturated carbocycles. The summed E-state index contributed by atoms with van der Waals surface area (Å²) in [5, 5.41) is 5.59. The van der Waals surface area contributed by atoms with Crippen LogP contribution in [-0.4, -0.2) is 56.6 Å². The molecule has 0 spiro atoms. The van der Waals surface area contributed by atoms with Gasteiger partial charge in [-0.15, -0.1) is 0 Å². The maximum Gasteiger partial charge on any atom is 0.279 e. The lowest BCUT2D eigenvalue weighted by Gasteiger charge is -2.22. The van der Waals surface area contributed by atoms with Gasteiger partial charge in [0.05, 0.1) is 13.1 Å². The number of carbonyl (C=O) groups is 2. The van der Waals surface area contributed by atoms with Gasteiger partial charge in [-0.1, -0.05) is 0 Å². The molecular formula is C19H30F2N4O2+2. The third kappa shape index (κ3) is 7.60. The van der Waals surface area contributed by atoms with E-state index in [0.29, 0.717) is 6.54 Å². The summed E-state index contributed by atoms with van der Waals surface area (Å²) < 4.78 is 26.2. The summed E-state index contributed by atoms with van der Waals surface area (Å²) >= 11 is 0. The molecule has 1 fully saturated rings. The van der Waals surface area contributed by atoms with Crippen molar-refractivity contribution in [2.75, 3.05) is 44.6 Å². The van der Waals surface area contributed by atoms with E-state index in [1.807, 2.05) is 20.8 Å². The zero-order valence-corrected chi connectivity index (χ0v) is 16.3. The molecular weight excluding hydrogens is 354 g/mol. The smallest absolute Gasteiger partial charge is 0.279 e. The summed E-state index contributed by atoms with van der Waals surface area (Å²) in [6.45, 7) is 9.91. The molecule has 6 nitrogen and oxygen atoms in total. The largest absolute Gasteiger partial charge is 0.347 e. The number of hydrogen-bond donors (Lipinski definition) is 4. The highest BCUT2D eigenvalue weighted by molar-refractivity contribution is 5.91. The van der Waals surface area contributed by atoms with Crippen molar-refractivity contribution >= 4 is 17.5 Å². The summed E-state index contributed by atoms with van der Waals surface area (Å²) in [7, 11) is 0. The van der Waals surface area contributed by atoms with Crippen molar-refractivity contribution in [2.24, 2.45) is 0 Å². The quantitative estimate of drug-likeness (QED) is 0.526. The summed E-state index contributed by atoms with van der Waals surface area (Å²) in [5.74, 6) is -2.12. The van der Waals surface area contributed by atoms with Crippen LogP contribution in [0.4, 0.5) is 14.5 Å². The number of benzene rings is 1. The standard InChI is InChI=1S/C19H28F2N4O2/c1-19(2,3)23-18(27)13-25-8-4-7-24(9-10-25)12-17(26)22-14-5-6-15(20)16(21)11-14/h5-6,11H,4,7-10,12-13H2,1-3H3,(H,22,26)(H,23,27)/p+2. The van der Waals surface area contributed by atoms with Crippen molar-refractivity contribution in [3.05, 3.63) is 29.8 Å². The number of quaternary nitrogens is 2. The van der Waals surface area contributed by atoms with Crippen molar-refractivity contribution < 1.29 is 28.2 Å². The van der Waals surface area contributed by atoms with Crippen LogP contribution in [0.15, 0.2) is 18.2 Å². The van der Waals surface area contributed by atoms with Crippen molar-refractivity contribution in [3.63, 3.8) is 0 Å². The van der Waals surface area contributed by atoms with Crippen molar-refractivity contribution in [1.82, 2.24) is 5.32 Å². The van der Waals surface area contributed by atoms with Crippen molar-refractivity contribution in [3.8, 4) is 0 Å². The Labute approximate surface area is 158 Å². The lowest BCUT2D eigenvalue weighted by atomic mass is 10.1. The van der Waals surface area contributed by atoms with E-state index >= 15 is 0 Å². The average molecular weight is 384 g/mol. The maximum absolute atomic E-state index is 13.2. The fraction of sp³-hybridized carbons (Fsp3) is 0.579. The predicted molar refractivity (Wildman–Crippen MR) is 98.6 cm³/mol. The molecule has 0 bridgehead atoms. The second kappa shape index (κ2) is 9.23. The van der Waals surface area contributed by atoms with Gasteiger partial charge < -0.3 is 20.4 Å². The van der Waals surface area contributed by atoms with E-state index in [1.165, 1.54) is 11.0 Å². The van der Waals surface area contributed by atoms with E-state index in [0.717, 1.165) is 49.6 Å². The first-order valence-electron chi connectivity index (χ1n) is 9.35. The lowest BCUT2D eigenvalue weighted by Crippen LogP contribution is -3.18. The number of amides is 2. The molecule has 27 heavy (non-hydrogen) atoms. The minimum atomic E-state index is -0.984. The monoisotopic (exact) mass is 384 g/mol. The number of hydrogen-bond acceptors (Lipinski definition) is 2. The van der Waals surface area contributed by atoms with Crippen LogP contribution in [0.3, 0.4) is 0 Å². The Hall–Kier alpha value is -2.06. The molecule has 2 atom stereocenters. The maximum atomic E-state index is 13.2. The Bertz CT molecular complexity index is 676. The first-order valence-corrected chi connectivity index (χ1v) is 9.35. The van der Waals surface area contributed by atoms with Gasteiger partial charge in [0.1, 0.15) is 13.1 Å². The van der Waals surface area contributed by atoms with Crippen LogP contribution in [-0.2, 0) is 9.59 Å². The molecule has 4 N–H and O–H groups in total. The number of rotatable bonds is 5. The van der Waals surface area contributed by atoms with E-state index in [4.69, 9.17) is 0 Å². The first-order chi connectivity index (χ1) is 12.6. The highest BCUT2D eigenvalue weighted by Crippen LogP contribution is 2.12. The molecule has 1 saturated heterocycles. The summed E-state index contributed by atoms with van der Waals surface area (Å²) in [5.41, 5.74) is 0.0108. The van der Waals surface area contributed by atoms with E-state index in [1.54, 1.807) is 0 Å². The van der Waals surface area contributed by atoms with Gasteiger partial charge in [-0.25, -0.2) is 8.78 Å². The van der Waals surface area contributed by atoms with E-state index < -0.39 is 11.6 Å². The van der Waals surface area contributed by atoms with E-state index in [2.05, 4.69) is 10.6 Å². The first kappa shape index (κ1) is 21.2. The molecule has 2 unspecified atom stereocenters. The molecule has 1 aromatic rings. The minimum absolute atomic E-state index is 0.0389. The van der Waals surface area contributed by atoms with E-state index in [-0.39, 0.29) is 29.6 Å². The van der Waals surface area contributed by atoms with Gasteiger partial charge in [-0.05, 0) is 32.9 Å². The molecule has 1 heterocycles. The second-order valence-electron chi connectivity index (χ2n) is 8.18. The van der Waals surface area contributed by atoms with Crippen LogP contribution in [0, 0.1) is 11.6 Å². The summed E-state index contributed by atoms with van der Waals surface area (Å²) in [6, 6.07) is 3.31. The van der Waals surface area contributed by atoms with Crippen LogP contribution in [0.2, 0.25) is 0 Å². The van der Waals surface area contributed by atoms with Gasteiger partial charge >= 0.3 is 0 Å². The number of nitrogens with one attached hydrogen (secondary N) is 4. The Balaban J connectivity index is 1.79. The van der Waals surface area contributed by atoms with Gasteiger partial charge in [0.25, 0.3) is 11.8 Å². The number of halogens is 2.